The summed E-state index contributed by atoms with van der Waals surface area (Å²) in [7, 11) is 4.07. The number of fused-ring (bicyclic) bond motifs is 1. The van der Waals surface area contributed by atoms with Crippen LogP contribution in [-0.2, 0) is 0 Å². The molecule has 0 spiro atoms. The van der Waals surface area contributed by atoms with E-state index in [2.05, 4.69) is 54.3 Å². The van der Waals surface area contributed by atoms with E-state index < -0.39 is 0 Å². The van der Waals surface area contributed by atoms with Crippen LogP contribution in [0.4, 0.5) is 0 Å². The standard InChI is InChI=1S/C20H22N2O/c1-15-7-6-9-17(13-15)20-18-10-5-4-8-16(18)14-19(21-20)23-12-11-22(2)3/h4-10,13-14H,11-12H2,1-3H3. The molecule has 2 aromatic carbocycles. The monoisotopic (exact) mass is 306 g/mol. The Hall–Kier alpha value is -2.39. The lowest BCUT2D eigenvalue weighted by Gasteiger charge is -2.13. The van der Waals surface area contributed by atoms with E-state index in [4.69, 9.17) is 9.72 Å². The Balaban J connectivity index is 2.04. The molecule has 0 atom stereocenters. The third-order valence-corrected chi connectivity index (χ3v) is 3.80. The fourth-order valence-electron chi connectivity index (χ4n) is 2.59. The van der Waals surface area contributed by atoms with Crippen molar-refractivity contribution in [2.75, 3.05) is 27.2 Å². The maximum atomic E-state index is 5.86. The molecule has 0 amide bonds. The first kappa shape index (κ1) is 15.5. The molecule has 0 bridgehead atoms. The van der Waals surface area contributed by atoms with E-state index >= 15 is 0 Å². The van der Waals surface area contributed by atoms with Crippen LogP contribution in [-0.4, -0.2) is 37.1 Å². The number of rotatable bonds is 5. The predicted octanol–water partition coefficient (Wildman–Crippen LogP) is 4.15. The van der Waals surface area contributed by atoms with Gasteiger partial charge in [-0.1, -0.05) is 48.0 Å². The van der Waals surface area contributed by atoms with Gasteiger partial charge in [-0.3, -0.25) is 0 Å². The van der Waals surface area contributed by atoms with Gasteiger partial charge in [0.05, 0.1) is 5.69 Å². The molecular weight excluding hydrogens is 284 g/mol. The SMILES string of the molecule is Cc1cccc(-c2nc(OCCN(C)C)cc3ccccc23)c1. The van der Waals surface area contributed by atoms with Crippen LogP contribution in [0.15, 0.2) is 54.6 Å². The highest BCUT2D eigenvalue weighted by molar-refractivity contribution is 5.95. The average molecular weight is 306 g/mol. The first-order valence-electron chi connectivity index (χ1n) is 7.88. The number of ether oxygens (including phenoxy) is 1. The average Bonchev–Trinajstić information content (AvgIpc) is 2.54. The van der Waals surface area contributed by atoms with Gasteiger partial charge in [-0.05, 0) is 32.5 Å². The van der Waals surface area contributed by atoms with Crippen LogP contribution >= 0.6 is 0 Å². The molecule has 1 aromatic heterocycles. The van der Waals surface area contributed by atoms with Crippen LogP contribution in [0.2, 0.25) is 0 Å². The van der Waals surface area contributed by atoms with Crippen LogP contribution in [0.1, 0.15) is 5.56 Å². The number of likely N-dealkylation sites (N-methyl/N-ethyl adjacent to an activating group) is 1. The molecule has 0 radical (unpaired) electrons. The summed E-state index contributed by atoms with van der Waals surface area (Å²) in [4.78, 5) is 6.87. The van der Waals surface area contributed by atoms with Crippen LogP contribution in [0.3, 0.4) is 0 Å². The number of aryl methyl sites for hydroxylation is 1. The Morgan fingerprint density at radius 2 is 1.83 bits per heavy atom. The van der Waals surface area contributed by atoms with Crippen LogP contribution < -0.4 is 4.74 Å². The summed E-state index contributed by atoms with van der Waals surface area (Å²) < 4.78 is 5.86. The summed E-state index contributed by atoms with van der Waals surface area (Å²) >= 11 is 0. The van der Waals surface area contributed by atoms with Gasteiger partial charge in [-0.15, -0.1) is 0 Å². The Morgan fingerprint density at radius 1 is 1.00 bits per heavy atom. The lowest BCUT2D eigenvalue weighted by atomic mass is 10.0. The van der Waals surface area contributed by atoms with Gasteiger partial charge in [0.2, 0.25) is 5.88 Å². The van der Waals surface area contributed by atoms with Crippen molar-refractivity contribution >= 4 is 10.8 Å². The van der Waals surface area contributed by atoms with Gasteiger partial charge in [0, 0.05) is 23.6 Å². The Kier molecular flexibility index (Phi) is 4.58. The smallest absolute Gasteiger partial charge is 0.214 e. The van der Waals surface area contributed by atoms with E-state index in [0.717, 1.165) is 28.6 Å². The molecule has 0 aliphatic heterocycles. The number of pyridine rings is 1. The second kappa shape index (κ2) is 6.80. The lowest BCUT2D eigenvalue weighted by molar-refractivity contribution is 0.254. The second-order valence-electron chi connectivity index (χ2n) is 6.05. The molecule has 118 valence electrons. The first-order valence-corrected chi connectivity index (χ1v) is 7.88. The van der Waals surface area contributed by atoms with E-state index in [9.17, 15) is 0 Å². The van der Waals surface area contributed by atoms with Crippen molar-refractivity contribution in [3.05, 3.63) is 60.2 Å². The van der Waals surface area contributed by atoms with E-state index in [1.807, 2.05) is 26.2 Å². The third-order valence-electron chi connectivity index (χ3n) is 3.80. The third kappa shape index (κ3) is 3.69. The van der Waals surface area contributed by atoms with Crippen LogP contribution in [0.5, 0.6) is 5.88 Å². The zero-order valence-corrected chi connectivity index (χ0v) is 13.9. The van der Waals surface area contributed by atoms with Gasteiger partial charge in [-0.2, -0.15) is 0 Å². The molecule has 1 heterocycles. The topological polar surface area (TPSA) is 25.4 Å². The minimum Gasteiger partial charge on any atom is -0.476 e. The lowest BCUT2D eigenvalue weighted by Crippen LogP contribution is -2.19. The summed E-state index contributed by atoms with van der Waals surface area (Å²) in [5.41, 5.74) is 3.33. The molecule has 0 aliphatic rings. The van der Waals surface area contributed by atoms with Crippen LogP contribution in [0, 0.1) is 6.92 Å². The van der Waals surface area contributed by atoms with Gasteiger partial charge in [-0.25, -0.2) is 4.98 Å². The molecule has 3 aromatic rings. The molecule has 3 heteroatoms. The molecule has 0 fully saturated rings. The largest absolute Gasteiger partial charge is 0.476 e. The Bertz CT molecular complexity index is 812. The minimum absolute atomic E-state index is 0.631. The summed E-state index contributed by atoms with van der Waals surface area (Å²) in [6.07, 6.45) is 0. The minimum atomic E-state index is 0.631. The molecule has 0 saturated carbocycles. The maximum Gasteiger partial charge on any atom is 0.214 e. The number of nitrogens with zero attached hydrogens (tertiary/aromatic N) is 2. The zero-order chi connectivity index (χ0) is 16.2. The molecule has 23 heavy (non-hydrogen) atoms. The number of aromatic nitrogens is 1. The van der Waals surface area contributed by atoms with Gasteiger partial charge >= 0.3 is 0 Å². The van der Waals surface area contributed by atoms with Gasteiger partial charge in [0.25, 0.3) is 0 Å². The second-order valence-corrected chi connectivity index (χ2v) is 6.05. The summed E-state index contributed by atoms with van der Waals surface area (Å²) in [5.74, 6) is 0.682. The normalized spacial score (nSPS) is 11.1. The van der Waals surface area contributed by atoms with Gasteiger partial charge < -0.3 is 9.64 Å². The molecule has 0 saturated heterocycles. The van der Waals surface area contributed by atoms with Crippen molar-refractivity contribution in [1.82, 2.24) is 9.88 Å². The van der Waals surface area contributed by atoms with E-state index in [1.54, 1.807) is 0 Å². The van der Waals surface area contributed by atoms with Gasteiger partial charge in [0.1, 0.15) is 6.61 Å². The van der Waals surface area contributed by atoms with E-state index in [-0.39, 0.29) is 0 Å². The zero-order valence-electron chi connectivity index (χ0n) is 13.9. The number of hydrogen-bond donors (Lipinski definition) is 0. The van der Waals surface area contributed by atoms with E-state index in [0.29, 0.717) is 12.5 Å². The molecular formula is C20H22N2O. The molecule has 0 aliphatic carbocycles. The molecule has 3 nitrogen and oxygen atoms in total. The van der Waals surface area contributed by atoms with Gasteiger partial charge in [0.15, 0.2) is 0 Å². The molecule has 3 rings (SSSR count). The Labute approximate surface area is 137 Å². The van der Waals surface area contributed by atoms with Crippen molar-refractivity contribution in [3.8, 4) is 17.1 Å². The fraction of sp³-hybridized carbons (Fsp3) is 0.250. The highest BCUT2D eigenvalue weighted by Gasteiger charge is 2.09. The highest BCUT2D eigenvalue weighted by atomic mass is 16.5. The van der Waals surface area contributed by atoms with Crippen molar-refractivity contribution in [2.24, 2.45) is 0 Å². The number of benzene rings is 2. The molecule has 0 N–H and O–H groups in total. The van der Waals surface area contributed by atoms with Crippen molar-refractivity contribution < 1.29 is 4.74 Å². The van der Waals surface area contributed by atoms with Crippen LogP contribution in [0.25, 0.3) is 22.0 Å². The predicted molar refractivity (Wildman–Crippen MR) is 96.0 cm³/mol. The molecule has 0 unspecified atom stereocenters. The Morgan fingerprint density at radius 3 is 2.61 bits per heavy atom. The summed E-state index contributed by atoms with van der Waals surface area (Å²) in [6.45, 7) is 3.60. The first-order chi connectivity index (χ1) is 11.1. The summed E-state index contributed by atoms with van der Waals surface area (Å²) in [6, 6.07) is 18.8. The quantitative estimate of drug-likeness (QED) is 0.708. The van der Waals surface area contributed by atoms with Crippen molar-refractivity contribution in [3.63, 3.8) is 0 Å². The summed E-state index contributed by atoms with van der Waals surface area (Å²) in [5, 5.41) is 2.30. The van der Waals surface area contributed by atoms with Crippen molar-refractivity contribution in [1.29, 1.82) is 0 Å². The number of hydrogen-bond acceptors (Lipinski definition) is 3. The highest BCUT2D eigenvalue weighted by Crippen LogP contribution is 2.30. The maximum absolute atomic E-state index is 5.86. The van der Waals surface area contributed by atoms with E-state index in [1.165, 1.54) is 5.56 Å². The van der Waals surface area contributed by atoms with Crippen molar-refractivity contribution in [2.45, 2.75) is 6.92 Å². The fourth-order valence-corrected chi connectivity index (χ4v) is 2.59.